The monoisotopic (exact) mass is 284 g/mol. The maximum atomic E-state index is 11.9. The molecule has 0 fully saturated rings. The van der Waals surface area contributed by atoms with Gasteiger partial charge in [-0.3, -0.25) is 0 Å². The molecule has 0 N–H and O–H groups in total. The van der Waals surface area contributed by atoms with E-state index in [2.05, 4.69) is 23.8 Å². The number of nitrogens with zero attached hydrogens (tertiary/aromatic N) is 2. The summed E-state index contributed by atoms with van der Waals surface area (Å²) in [5.74, 6) is 0.871. The predicted molar refractivity (Wildman–Crippen MR) is 75.5 cm³/mol. The third-order valence-corrected chi connectivity index (χ3v) is 2.91. The lowest BCUT2D eigenvalue weighted by Gasteiger charge is -2.09. The number of carbonyl (C=O) groups is 1. The number of hydrogen-bond donors (Lipinski definition) is 0. The van der Waals surface area contributed by atoms with Crippen molar-refractivity contribution in [1.82, 2.24) is 9.97 Å². The third-order valence-electron chi connectivity index (χ3n) is 2.63. The van der Waals surface area contributed by atoms with Crippen LogP contribution in [-0.2, 0) is 4.74 Å². The zero-order valence-corrected chi connectivity index (χ0v) is 12.7. The van der Waals surface area contributed by atoms with E-state index in [1.165, 1.54) is 6.20 Å². The first kappa shape index (κ1) is 15.9. The minimum absolute atomic E-state index is 0.143. The second kappa shape index (κ2) is 7.43. The van der Waals surface area contributed by atoms with Crippen LogP contribution in [-0.4, -0.2) is 22.5 Å². The van der Waals surface area contributed by atoms with Gasteiger partial charge in [0.2, 0.25) is 0 Å². The largest absolute Gasteiger partial charge is 0.461 e. The smallest absolute Gasteiger partial charge is 0.358 e. The molecular formula is C14H21ClN2O2. The number of carbonyl (C=O) groups excluding carboxylic acids is 1. The van der Waals surface area contributed by atoms with E-state index in [0.717, 1.165) is 12.8 Å². The minimum atomic E-state index is -0.474. The fourth-order valence-electron chi connectivity index (χ4n) is 1.53. The van der Waals surface area contributed by atoms with Gasteiger partial charge in [0.05, 0.1) is 17.8 Å². The van der Waals surface area contributed by atoms with Crippen molar-refractivity contribution in [2.75, 3.05) is 6.61 Å². The molecule has 4 nitrogen and oxygen atoms in total. The Morgan fingerprint density at radius 2 is 2.05 bits per heavy atom. The molecule has 0 aliphatic rings. The highest BCUT2D eigenvalue weighted by Crippen LogP contribution is 2.17. The Kier molecular flexibility index (Phi) is 6.22. The van der Waals surface area contributed by atoms with Crippen molar-refractivity contribution in [1.29, 1.82) is 0 Å². The Balaban J connectivity index is 2.63. The summed E-state index contributed by atoms with van der Waals surface area (Å²) < 4.78 is 5.18. The SMILES string of the molecule is CC(C)CCCOC(=O)c1nc(C(C)C)ncc1Cl. The number of aromatic nitrogens is 2. The van der Waals surface area contributed by atoms with Crippen LogP contribution < -0.4 is 0 Å². The van der Waals surface area contributed by atoms with Gasteiger partial charge >= 0.3 is 5.97 Å². The van der Waals surface area contributed by atoms with Crippen LogP contribution in [0, 0.1) is 5.92 Å². The molecule has 5 heteroatoms. The van der Waals surface area contributed by atoms with E-state index in [0.29, 0.717) is 18.3 Å². The first-order valence-electron chi connectivity index (χ1n) is 6.61. The average Bonchev–Trinajstić information content (AvgIpc) is 2.34. The van der Waals surface area contributed by atoms with Crippen LogP contribution in [0.2, 0.25) is 5.02 Å². The summed E-state index contributed by atoms with van der Waals surface area (Å²) >= 11 is 5.93. The average molecular weight is 285 g/mol. The number of hydrogen-bond acceptors (Lipinski definition) is 4. The van der Waals surface area contributed by atoms with Crippen LogP contribution in [0.1, 0.15) is 62.8 Å². The molecule has 0 aliphatic heterocycles. The summed E-state index contributed by atoms with van der Waals surface area (Å²) in [5, 5.41) is 0.234. The maximum absolute atomic E-state index is 11.9. The summed E-state index contributed by atoms with van der Waals surface area (Å²) in [4.78, 5) is 20.1. The second-order valence-electron chi connectivity index (χ2n) is 5.25. The van der Waals surface area contributed by atoms with Crippen molar-refractivity contribution in [3.63, 3.8) is 0 Å². The summed E-state index contributed by atoms with van der Waals surface area (Å²) in [6, 6.07) is 0. The maximum Gasteiger partial charge on any atom is 0.358 e. The van der Waals surface area contributed by atoms with Crippen LogP contribution in [0.15, 0.2) is 6.20 Å². The van der Waals surface area contributed by atoms with E-state index in [1.54, 1.807) is 0 Å². The van der Waals surface area contributed by atoms with Crippen molar-refractivity contribution in [3.8, 4) is 0 Å². The van der Waals surface area contributed by atoms with Crippen molar-refractivity contribution >= 4 is 17.6 Å². The van der Waals surface area contributed by atoms with E-state index < -0.39 is 5.97 Å². The third kappa shape index (κ3) is 5.15. The first-order valence-corrected chi connectivity index (χ1v) is 6.99. The Morgan fingerprint density at radius 1 is 1.37 bits per heavy atom. The molecule has 0 saturated heterocycles. The zero-order chi connectivity index (χ0) is 14.4. The van der Waals surface area contributed by atoms with Gasteiger partial charge < -0.3 is 4.74 Å². The molecule has 0 bridgehead atoms. The molecule has 1 heterocycles. The van der Waals surface area contributed by atoms with Gasteiger partial charge in [0, 0.05) is 5.92 Å². The Morgan fingerprint density at radius 3 is 2.63 bits per heavy atom. The van der Waals surface area contributed by atoms with Crippen LogP contribution in [0.5, 0.6) is 0 Å². The molecule has 0 amide bonds. The lowest BCUT2D eigenvalue weighted by molar-refractivity contribution is 0.0487. The normalized spacial score (nSPS) is 11.1. The van der Waals surface area contributed by atoms with Gasteiger partial charge in [-0.1, -0.05) is 39.3 Å². The fraction of sp³-hybridized carbons (Fsp3) is 0.643. The Labute approximate surface area is 119 Å². The molecule has 106 valence electrons. The molecule has 0 aliphatic carbocycles. The highest BCUT2D eigenvalue weighted by atomic mass is 35.5. The lowest BCUT2D eigenvalue weighted by atomic mass is 10.1. The predicted octanol–water partition coefficient (Wildman–Crippen LogP) is 3.85. The van der Waals surface area contributed by atoms with E-state index in [1.807, 2.05) is 13.8 Å². The van der Waals surface area contributed by atoms with Gasteiger partial charge in [0.1, 0.15) is 5.82 Å². The first-order chi connectivity index (χ1) is 8.91. The topological polar surface area (TPSA) is 52.1 Å². The molecule has 0 spiro atoms. The molecular weight excluding hydrogens is 264 g/mol. The Bertz CT molecular complexity index is 433. The van der Waals surface area contributed by atoms with Gasteiger partial charge in [0.15, 0.2) is 5.69 Å². The molecule has 0 radical (unpaired) electrons. The van der Waals surface area contributed by atoms with Crippen molar-refractivity contribution < 1.29 is 9.53 Å². The number of ether oxygens (including phenoxy) is 1. The molecule has 19 heavy (non-hydrogen) atoms. The van der Waals surface area contributed by atoms with Crippen molar-refractivity contribution in [2.45, 2.75) is 46.5 Å². The summed E-state index contributed by atoms with van der Waals surface area (Å²) in [6.45, 7) is 8.59. The molecule has 1 rings (SSSR count). The second-order valence-corrected chi connectivity index (χ2v) is 5.66. The van der Waals surface area contributed by atoms with Gasteiger partial charge in [-0.25, -0.2) is 14.8 Å². The summed E-state index contributed by atoms with van der Waals surface area (Å²) in [5.41, 5.74) is 0.157. The molecule has 0 unspecified atom stereocenters. The number of rotatable bonds is 6. The molecule has 1 aromatic heterocycles. The summed E-state index contributed by atoms with van der Waals surface area (Å²) in [7, 11) is 0. The van der Waals surface area contributed by atoms with E-state index in [-0.39, 0.29) is 16.6 Å². The van der Waals surface area contributed by atoms with Crippen LogP contribution in [0.4, 0.5) is 0 Å². The molecule has 0 saturated carbocycles. The van der Waals surface area contributed by atoms with Crippen molar-refractivity contribution in [2.24, 2.45) is 5.92 Å². The molecule has 1 aromatic rings. The fourth-order valence-corrected chi connectivity index (χ4v) is 1.70. The number of halogens is 1. The molecule has 0 aromatic carbocycles. The van der Waals surface area contributed by atoms with Gasteiger partial charge in [-0.15, -0.1) is 0 Å². The highest BCUT2D eigenvalue weighted by molar-refractivity contribution is 6.33. The van der Waals surface area contributed by atoms with Crippen molar-refractivity contribution in [3.05, 3.63) is 22.7 Å². The van der Waals surface area contributed by atoms with E-state index in [9.17, 15) is 4.79 Å². The van der Waals surface area contributed by atoms with E-state index in [4.69, 9.17) is 16.3 Å². The molecule has 0 atom stereocenters. The quantitative estimate of drug-likeness (QED) is 0.588. The lowest BCUT2D eigenvalue weighted by Crippen LogP contribution is -2.12. The van der Waals surface area contributed by atoms with Gasteiger partial charge in [-0.2, -0.15) is 0 Å². The van der Waals surface area contributed by atoms with E-state index >= 15 is 0 Å². The summed E-state index contributed by atoms with van der Waals surface area (Å²) in [6.07, 6.45) is 3.33. The van der Waals surface area contributed by atoms with Gasteiger partial charge in [-0.05, 0) is 18.8 Å². The van der Waals surface area contributed by atoms with Crippen LogP contribution >= 0.6 is 11.6 Å². The van der Waals surface area contributed by atoms with Gasteiger partial charge in [0.25, 0.3) is 0 Å². The highest BCUT2D eigenvalue weighted by Gasteiger charge is 2.16. The Hall–Kier alpha value is -1.16. The standard InChI is InChI=1S/C14H21ClN2O2/c1-9(2)6-5-7-19-14(18)12-11(15)8-16-13(17-12)10(3)4/h8-10H,5-7H2,1-4H3. The van der Waals surface area contributed by atoms with Crippen LogP contribution in [0.3, 0.4) is 0 Å². The zero-order valence-electron chi connectivity index (χ0n) is 11.9. The van der Waals surface area contributed by atoms with Crippen LogP contribution in [0.25, 0.3) is 0 Å². The number of esters is 1. The minimum Gasteiger partial charge on any atom is -0.461 e.